The zero-order chi connectivity index (χ0) is 22.3. The summed E-state index contributed by atoms with van der Waals surface area (Å²) in [6.45, 7) is 7.11. The second kappa shape index (κ2) is 10.6. The lowest BCUT2D eigenvalue weighted by molar-refractivity contribution is -0.0672. The van der Waals surface area contributed by atoms with Gasteiger partial charge in [-0.3, -0.25) is 14.4 Å². The average molecular weight is 444 g/mol. The fraction of sp³-hybridized carbons (Fsp3) is 0.348. The lowest BCUT2D eigenvalue weighted by atomic mass is 10.2. The van der Waals surface area contributed by atoms with Crippen molar-refractivity contribution in [2.24, 2.45) is 0 Å². The molecule has 0 aliphatic carbocycles. The van der Waals surface area contributed by atoms with Gasteiger partial charge < -0.3 is 10.1 Å². The van der Waals surface area contributed by atoms with Crippen molar-refractivity contribution in [3.63, 3.8) is 0 Å². The first-order valence-electron chi connectivity index (χ1n) is 10.3. The molecule has 0 spiro atoms. The highest BCUT2D eigenvalue weighted by Gasteiger charge is 2.21. The molecule has 0 saturated carbocycles. The van der Waals surface area contributed by atoms with Crippen LogP contribution < -0.4 is 10.0 Å². The Kier molecular flexibility index (Phi) is 7.84. The molecule has 0 radical (unpaired) electrons. The van der Waals surface area contributed by atoms with Gasteiger partial charge in [0.25, 0.3) is 15.9 Å². The summed E-state index contributed by atoms with van der Waals surface area (Å²) in [5, 5.41) is 4.03. The molecular weight excluding hydrogens is 414 g/mol. The molecule has 2 aromatic rings. The van der Waals surface area contributed by atoms with Crippen molar-refractivity contribution >= 4 is 27.7 Å². The number of hydrogen-bond acceptors (Lipinski definition) is 5. The number of benzene rings is 2. The van der Waals surface area contributed by atoms with Gasteiger partial charge in [0.1, 0.15) is 0 Å². The molecule has 1 aliphatic rings. The van der Waals surface area contributed by atoms with E-state index in [1.165, 1.54) is 6.08 Å². The lowest BCUT2D eigenvalue weighted by Gasteiger charge is -2.35. The molecule has 1 amide bonds. The molecule has 7 nitrogen and oxygen atoms in total. The number of amides is 1. The number of carbonyl (C=O) groups excluding carboxylic acids is 1. The first-order chi connectivity index (χ1) is 14.8. The predicted molar refractivity (Wildman–Crippen MR) is 123 cm³/mol. The average Bonchev–Trinajstić information content (AvgIpc) is 2.73. The normalized spacial score (nSPS) is 19.9. The summed E-state index contributed by atoms with van der Waals surface area (Å²) in [7, 11) is -3.65. The van der Waals surface area contributed by atoms with E-state index >= 15 is 0 Å². The summed E-state index contributed by atoms with van der Waals surface area (Å²) < 4.78 is 32.7. The van der Waals surface area contributed by atoms with Crippen molar-refractivity contribution in [3.05, 3.63) is 71.1 Å². The van der Waals surface area contributed by atoms with Gasteiger partial charge in [-0.15, -0.1) is 0 Å². The van der Waals surface area contributed by atoms with E-state index in [0.29, 0.717) is 17.8 Å². The number of carbonyl (C=O) groups is 1. The molecule has 1 aliphatic heterocycles. The van der Waals surface area contributed by atoms with E-state index in [-0.39, 0.29) is 18.1 Å². The number of nitrogens with one attached hydrogen (secondary N) is 2. The van der Waals surface area contributed by atoms with E-state index in [1.807, 2.05) is 30.3 Å². The Bertz CT molecular complexity index is 981. The minimum Gasteiger partial charge on any atom is -0.373 e. The van der Waals surface area contributed by atoms with Gasteiger partial charge in [-0.2, -0.15) is 0 Å². The second-order valence-corrected chi connectivity index (χ2v) is 9.28. The molecule has 166 valence electrons. The van der Waals surface area contributed by atoms with Crippen LogP contribution >= 0.6 is 0 Å². The van der Waals surface area contributed by atoms with E-state index in [4.69, 9.17) is 4.74 Å². The van der Waals surface area contributed by atoms with Gasteiger partial charge in [0.05, 0.1) is 17.6 Å². The van der Waals surface area contributed by atoms with Crippen molar-refractivity contribution in [1.82, 2.24) is 10.2 Å². The third-order valence-corrected chi connectivity index (χ3v) is 5.87. The minimum absolute atomic E-state index is 0.187. The smallest absolute Gasteiger partial charge is 0.255 e. The van der Waals surface area contributed by atoms with Crippen LogP contribution in [0.25, 0.3) is 6.08 Å². The predicted octanol–water partition coefficient (Wildman–Crippen LogP) is 2.94. The first-order valence-corrected chi connectivity index (χ1v) is 11.9. The largest absolute Gasteiger partial charge is 0.373 e. The molecule has 1 heterocycles. The SMILES string of the molecule is CC1CN(CCNC(=O)c2ccc(NS(=O)(=O)C=Cc3ccccc3)cc2)CC(C)O1. The van der Waals surface area contributed by atoms with Crippen molar-refractivity contribution in [3.8, 4) is 0 Å². The maximum atomic E-state index is 12.4. The highest BCUT2D eigenvalue weighted by atomic mass is 32.2. The summed E-state index contributed by atoms with van der Waals surface area (Å²) in [6.07, 6.45) is 1.91. The zero-order valence-corrected chi connectivity index (χ0v) is 18.6. The molecule has 2 unspecified atom stereocenters. The number of sulfonamides is 1. The number of anilines is 1. The Morgan fingerprint density at radius 3 is 2.35 bits per heavy atom. The maximum absolute atomic E-state index is 12.4. The fourth-order valence-corrected chi connectivity index (χ4v) is 4.39. The molecule has 2 N–H and O–H groups in total. The highest BCUT2D eigenvalue weighted by Crippen LogP contribution is 2.13. The number of hydrogen-bond donors (Lipinski definition) is 2. The molecule has 2 atom stereocenters. The number of nitrogens with zero attached hydrogens (tertiary/aromatic N) is 1. The Labute approximate surface area is 184 Å². The summed E-state index contributed by atoms with van der Waals surface area (Å²) in [4.78, 5) is 14.6. The van der Waals surface area contributed by atoms with Gasteiger partial charge >= 0.3 is 0 Å². The standard InChI is InChI=1S/C23H29N3O4S/c1-18-16-26(17-19(2)30-18)14-13-24-23(27)21-8-10-22(11-9-21)25-31(28,29)15-12-20-6-4-3-5-7-20/h3-12,15,18-19,25H,13-14,16-17H2,1-2H3,(H,24,27). The molecular formula is C23H29N3O4S. The quantitative estimate of drug-likeness (QED) is 0.655. The van der Waals surface area contributed by atoms with Crippen molar-refractivity contribution < 1.29 is 17.9 Å². The van der Waals surface area contributed by atoms with Crippen LogP contribution in [0.15, 0.2) is 60.0 Å². The second-order valence-electron chi connectivity index (χ2n) is 7.71. The fourth-order valence-electron chi connectivity index (χ4n) is 3.52. The van der Waals surface area contributed by atoms with Gasteiger partial charge in [0.15, 0.2) is 0 Å². The van der Waals surface area contributed by atoms with Gasteiger partial charge in [-0.25, -0.2) is 8.42 Å². The first kappa shape index (κ1) is 23.0. The van der Waals surface area contributed by atoms with Gasteiger partial charge in [0.2, 0.25) is 0 Å². The van der Waals surface area contributed by atoms with Crippen molar-refractivity contribution in [2.45, 2.75) is 26.1 Å². The third kappa shape index (κ3) is 7.50. The Hall–Kier alpha value is -2.68. The van der Waals surface area contributed by atoms with Gasteiger partial charge in [-0.1, -0.05) is 30.3 Å². The summed E-state index contributed by atoms with van der Waals surface area (Å²) in [5.41, 5.74) is 1.66. The van der Waals surface area contributed by atoms with E-state index in [9.17, 15) is 13.2 Å². The number of morpholine rings is 1. The minimum atomic E-state index is -3.65. The molecule has 2 aromatic carbocycles. The van der Waals surface area contributed by atoms with Crippen LogP contribution in [0, 0.1) is 0 Å². The summed E-state index contributed by atoms with van der Waals surface area (Å²) in [5.74, 6) is -0.187. The Morgan fingerprint density at radius 2 is 1.71 bits per heavy atom. The topological polar surface area (TPSA) is 87.7 Å². The summed E-state index contributed by atoms with van der Waals surface area (Å²) >= 11 is 0. The highest BCUT2D eigenvalue weighted by molar-refractivity contribution is 7.95. The third-order valence-electron chi connectivity index (χ3n) is 4.86. The van der Waals surface area contributed by atoms with Gasteiger partial charge in [-0.05, 0) is 49.8 Å². The van der Waals surface area contributed by atoms with Crippen LogP contribution in [-0.4, -0.2) is 57.6 Å². The van der Waals surface area contributed by atoms with Crippen LogP contribution in [0.5, 0.6) is 0 Å². The maximum Gasteiger partial charge on any atom is 0.255 e. The number of ether oxygens (including phenoxy) is 1. The van der Waals surface area contributed by atoms with E-state index in [2.05, 4.69) is 28.8 Å². The van der Waals surface area contributed by atoms with E-state index in [1.54, 1.807) is 24.3 Å². The van der Waals surface area contributed by atoms with Crippen molar-refractivity contribution in [1.29, 1.82) is 0 Å². The monoisotopic (exact) mass is 443 g/mol. The van der Waals surface area contributed by atoms with Crippen LogP contribution in [0.1, 0.15) is 29.8 Å². The van der Waals surface area contributed by atoms with Crippen LogP contribution in [0.4, 0.5) is 5.69 Å². The van der Waals surface area contributed by atoms with Crippen LogP contribution in [-0.2, 0) is 14.8 Å². The number of rotatable bonds is 8. The summed E-state index contributed by atoms with van der Waals surface area (Å²) in [6, 6.07) is 15.5. The lowest BCUT2D eigenvalue weighted by Crippen LogP contribution is -2.47. The van der Waals surface area contributed by atoms with Crippen molar-refractivity contribution in [2.75, 3.05) is 30.9 Å². The van der Waals surface area contributed by atoms with Gasteiger partial charge in [0, 0.05) is 37.4 Å². The van der Waals surface area contributed by atoms with E-state index < -0.39 is 10.0 Å². The molecule has 1 saturated heterocycles. The molecule has 0 aromatic heterocycles. The molecule has 3 rings (SSSR count). The van der Waals surface area contributed by atoms with E-state index in [0.717, 1.165) is 30.6 Å². The van der Waals surface area contributed by atoms with Crippen LogP contribution in [0.2, 0.25) is 0 Å². The Balaban J connectivity index is 1.48. The molecule has 31 heavy (non-hydrogen) atoms. The molecule has 8 heteroatoms. The zero-order valence-electron chi connectivity index (χ0n) is 17.8. The Morgan fingerprint density at radius 1 is 1.06 bits per heavy atom. The molecule has 0 bridgehead atoms. The van der Waals surface area contributed by atoms with Crippen LogP contribution in [0.3, 0.4) is 0 Å². The molecule has 1 fully saturated rings.